The molecule has 1 aromatic rings. The average Bonchev–Trinajstić information content (AvgIpc) is 2.84. The summed E-state index contributed by atoms with van der Waals surface area (Å²) in [6, 6.07) is 9.31. The summed E-state index contributed by atoms with van der Waals surface area (Å²) in [5.41, 5.74) is 6.78. The van der Waals surface area contributed by atoms with Gasteiger partial charge in [-0.2, -0.15) is 0 Å². The fourth-order valence-corrected chi connectivity index (χ4v) is 2.34. The van der Waals surface area contributed by atoms with Crippen LogP contribution < -0.4 is 11.1 Å². The van der Waals surface area contributed by atoms with Gasteiger partial charge in [0.2, 0.25) is 5.91 Å². The first kappa shape index (κ1) is 14.0. The van der Waals surface area contributed by atoms with E-state index in [-0.39, 0.29) is 11.5 Å². The summed E-state index contributed by atoms with van der Waals surface area (Å²) in [5, 5.41) is 2.90. The van der Waals surface area contributed by atoms with Crippen LogP contribution in [0.2, 0.25) is 0 Å². The standard InChI is InChI=1S/C15H22N2O2/c1-15(8-5-9-19-15)11-17-14(18)13(16)10-12-6-3-2-4-7-12/h2-4,6-7,13H,5,8-11,16H2,1H3,(H,17,18)/t13-,15?/m1/s1. The highest BCUT2D eigenvalue weighted by Crippen LogP contribution is 2.23. The number of nitrogens with one attached hydrogen (secondary N) is 1. The van der Waals surface area contributed by atoms with E-state index in [9.17, 15) is 4.79 Å². The molecule has 4 nitrogen and oxygen atoms in total. The molecule has 0 aromatic heterocycles. The molecule has 1 amide bonds. The lowest BCUT2D eigenvalue weighted by molar-refractivity contribution is -0.123. The third-order valence-electron chi connectivity index (χ3n) is 3.57. The minimum atomic E-state index is -0.507. The molecule has 19 heavy (non-hydrogen) atoms. The van der Waals surface area contributed by atoms with Gasteiger partial charge in [-0.3, -0.25) is 4.79 Å². The first-order chi connectivity index (χ1) is 9.09. The molecule has 0 aliphatic carbocycles. The summed E-state index contributed by atoms with van der Waals surface area (Å²) in [5.74, 6) is -0.111. The third-order valence-corrected chi connectivity index (χ3v) is 3.57. The fraction of sp³-hybridized carbons (Fsp3) is 0.533. The lowest BCUT2D eigenvalue weighted by Crippen LogP contribution is -2.47. The topological polar surface area (TPSA) is 64.4 Å². The van der Waals surface area contributed by atoms with Crippen molar-refractivity contribution in [1.29, 1.82) is 0 Å². The first-order valence-corrected chi connectivity index (χ1v) is 6.80. The molecule has 1 aliphatic heterocycles. The van der Waals surface area contributed by atoms with E-state index in [2.05, 4.69) is 5.32 Å². The second-order valence-corrected chi connectivity index (χ2v) is 5.42. The fourth-order valence-electron chi connectivity index (χ4n) is 2.34. The van der Waals surface area contributed by atoms with Gasteiger partial charge in [0.05, 0.1) is 11.6 Å². The van der Waals surface area contributed by atoms with Crippen molar-refractivity contribution in [3.8, 4) is 0 Å². The van der Waals surface area contributed by atoms with Crippen LogP contribution in [0.3, 0.4) is 0 Å². The Balaban J connectivity index is 1.79. The maximum Gasteiger partial charge on any atom is 0.237 e. The first-order valence-electron chi connectivity index (χ1n) is 6.80. The normalized spacial score (nSPS) is 24.1. The number of carbonyl (C=O) groups is 1. The zero-order chi connectivity index (χ0) is 13.7. The summed E-state index contributed by atoms with van der Waals surface area (Å²) < 4.78 is 5.63. The van der Waals surface area contributed by atoms with Gasteiger partial charge >= 0.3 is 0 Å². The van der Waals surface area contributed by atoms with E-state index >= 15 is 0 Å². The van der Waals surface area contributed by atoms with E-state index in [1.165, 1.54) is 0 Å². The molecule has 0 bridgehead atoms. The van der Waals surface area contributed by atoms with Crippen molar-refractivity contribution < 1.29 is 9.53 Å². The van der Waals surface area contributed by atoms with E-state index in [4.69, 9.17) is 10.5 Å². The van der Waals surface area contributed by atoms with Crippen LogP contribution in [-0.4, -0.2) is 30.7 Å². The van der Waals surface area contributed by atoms with Crippen LogP contribution in [0, 0.1) is 0 Å². The van der Waals surface area contributed by atoms with Gasteiger partial charge in [0.15, 0.2) is 0 Å². The number of carbonyl (C=O) groups excluding carboxylic acids is 1. The number of rotatable bonds is 5. The van der Waals surface area contributed by atoms with Crippen LogP contribution in [0.15, 0.2) is 30.3 Å². The van der Waals surface area contributed by atoms with Gasteiger partial charge in [-0.05, 0) is 31.7 Å². The van der Waals surface area contributed by atoms with Crippen molar-refractivity contribution in [2.24, 2.45) is 5.73 Å². The molecule has 4 heteroatoms. The Morgan fingerprint density at radius 3 is 2.84 bits per heavy atom. The van der Waals surface area contributed by atoms with Gasteiger partial charge in [0, 0.05) is 13.2 Å². The molecule has 1 unspecified atom stereocenters. The van der Waals surface area contributed by atoms with Crippen molar-refractivity contribution in [2.75, 3.05) is 13.2 Å². The van der Waals surface area contributed by atoms with Crippen LogP contribution in [0.5, 0.6) is 0 Å². The Hall–Kier alpha value is -1.39. The van der Waals surface area contributed by atoms with E-state index in [0.717, 1.165) is 25.0 Å². The molecule has 2 atom stereocenters. The molecule has 104 valence electrons. The number of hydrogen-bond donors (Lipinski definition) is 2. The van der Waals surface area contributed by atoms with Crippen LogP contribution in [-0.2, 0) is 16.0 Å². The Morgan fingerprint density at radius 2 is 2.21 bits per heavy atom. The molecule has 2 rings (SSSR count). The van der Waals surface area contributed by atoms with Crippen LogP contribution >= 0.6 is 0 Å². The molecule has 1 fully saturated rings. The molecular weight excluding hydrogens is 240 g/mol. The molecule has 1 aliphatic rings. The predicted octanol–water partition coefficient (Wildman–Crippen LogP) is 1.24. The van der Waals surface area contributed by atoms with Gasteiger partial charge in [0.25, 0.3) is 0 Å². The SMILES string of the molecule is CC1(CNC(=O)[C@H](N)Cc2ccccc2)CCCO1. The van der Waals surface area contributed by atoms with Gasteiger partial charge in [-0.25, -0.2) is 0 Å². The van der Waals surface area contributed by atoms with Crippen molar-refractivity contribution in [3.63, 3.8) is 0 Å². The number of amides is 1. The molecule has 0 spiro atoms. The van der Waals surface area contributed by atoms with E-state index in [1.54, 1.807) is 0 Å². The number of hydrogen-bond acceptors (Lipinski definition) is 3. The zero-order valence-electron chi connectivity index (χ0n) is 11.4. The lowest BCUT2D eigenvalue weighted by atomic mass is 10.0. The largest absolute Gasteiger partial charge is 0.373 e. The average molecular weight is 262 g/mol. The van der Waals surface area contributed by atoms with E-state index in [1.807, 2.05) is 37.3 Å². The summed E-state index contributed by atoms with van der Waals surface area (Å²) >= 11 is 0. The summed E-state index contributed by atoms with van der Waals surface area (Å²) in [6.07, 6.45) is 2.61. The second-order valence-electron chi connectivity index (χ2n) is 5.42. The number of nitrogens with two attached hydrogens (primary N) is 1. The van der Waals surface area contributed by atoms with Crippen LogP contribution in [0.1, 0.15) is 25.3 Å². The lowest BCUT2D eigenvalue weighted by Gasteiger charge is -2.24. The second kappa shape index (κ2) is 6.17. The molecule has 0 radical (unpaired) electrons. The van der Waals surface area contributed by atoms with E-state index < -0.39 is 6.04 Å². The van der Waals surface area contributed by atoms with Gasteiger partial charge in [-0.1, -0.05) is 30.3 Å². The van der Waals surface area contributed by atoms with Gasteiger partial charge < -0.3 is 15.8 Å². The monoisotopic (exact) mass is 262 g/mol. The summed E-state index contributed by atoms with van der Waals surface area (Å²) in [6.45, 7) is 3.35. The Bertz CT molecular complexity index is 413. The number of ether oxygens (including phenoxy) is 1. The highest BCUT2D eigenvalue weighted by Gasteiger charge is 2.30. The van der Waals surface area contributed by atoms with Gasteiger partial charge in [-0.15, -0.1) is 0 Å². The van der Waals surface area contributed by atoms with Crippen molar-refractivity contribution in [1.82, 2.24) is 5.32 Å². The maximum absolute atomic E-state index is 12.0. The van der Waals surface area contributed by atoms with Crippen molar-refractivity contribution in [2.45, 2.75) is 37.8 Å². The Morgan fingerprint density at radius 1 is 1.47 bits per heavy atom. The van der Waals surface area contributed by atoms with Crippen LogP contribution in [0.25, 0.3) is 0 Å². The smallest absolute Gasteiger partial charge is 0.237 e. The minimum Gasteiger partial charge on any atom is -0.373 e. The molecule has 3 N–H and O–H groups in total. The van der Waals surface area contributed by atoms with E-state index in [0.29, 0.717) is 13.0 Å². The highest BCUT2D eigenvalue weighted by molar-refractivity contribution is 5.81. The quantitative estimate of drug-likeness (QED) is 0.839. The zero-order valence-corrected chi connectivity index (χ0v) is 11.4. The summed E-state index contributed by atoms with van der Waals surface area (Å²) in [7, 11) is 0. The Labute approximate surface area is 114 Å². The van der Waals surface area contributed by atoms with Crippen molar-refractivity contribution in [3.05, 3.63) is 35.9 Å². The number of benzene rings is 1. The predicted molar refractivity (Wildman–Crippen MR) is 74.7 cm³/mol. The third kappa shape index (κ3) is 4.04. The van der Waals surface area contributed by atoms with Gasteiger partial charge in [0.1, 0.15) is 0 Å². The summed E-state index contributed by atoms with van der Waals surface area (Å²) in [4.78, 5) is 12.0. The molecule has 1 saturated heterocycles. The molecular formula is C15H22N2O2. The molecule has 1 heterocycles. The highest BCUT2D eigenvalue weighted by atomic mass is 16.5. The maximum atomic E-state index is 12.0. The minimum absolute atomic E-state index is 0.111. The van der Waals surface area contributed by atoms with Crippen molar-refractivity contribution >= 4 is 5.91 Å². The molecule has 1 aromatic carbocycles. The Kier molecular flexibility index (Phi) is 4.56. The van der Waals surface area contributed by atoms with Crippen LogP contribution in [0.4, 0.5) is 0 Å². The molecule has 0 saturated carbocycles.